The fraction of sp³-hybridized carbons (Fsp3) is 1.00. The molecule has 0 spiro atoms. The number of hydrogen-bond acceptors (Lipinski definition) is 2. The topological polar surface area (TPSA) is 29.4 Å². The van der Waals surface area contributed by atoms with Crippen molar-refractivity contribution in [3.63, 3.8) is 0 Å². The molecule has 0 fully saturated rings. The van der Waals surface area contributed by atoms with Crippen molar-refractivity contribution < 1.29 is 21.7 Å². The molecule has 0 heterocycles. The van der Waals surface area contributed by atoms with Gasteiger partial charge in [-0.25, -0.2) is 0 Å². The van der Waals surface area contributed by atoms with E-state index in [1.165, 1.54) is 0 Å². The Hall–Kier alpha value is 0.288. The predicted octanol–water partition coefficient (Wildman–Crippen LogP) is 0.228. The molecule has 0 aromatic rings. The van der Waals surface area contributed by atoms with Gasteiger partial charge in [-0.1, -0.05) is 0 Å². The molecule has 0 saturated heterocycles. The standard InChI is InChI=1S/CH3N.Mo.O/c1-2;;/h1H3;;/q;+2;. The summed E-state index contributed by atoms with van der Waals surface area (Å²) in [4.78, 5) is 0. The van der Waals surface area contributed by atoms with Gasteiger partial charge >= 0.3 is 32.3 Å². The molecule has 0 radical (unpaired) electrons. The van der Waals surface area contributed by atoms with Crippen molar-refractivity contribution in [1.29, 1.82) is 0 Å². The molecule has 2 nitrogen and oxygen atoms in total. The van der Waals surface area contributed by atoms with E-state index < -0.39 is 18.3 Å². The number of hydrogen-bond donors (Lipinski definition) is 0. The van der Waals surface area contributed by atoms with E-state index in [1.54, 1.807) is 7.05 Å². The van der Waals surface area contributed by atoms with E-state index in [0.717, 1.165) is 0 Å². The first-order valence-electron chi connectivity index (χ1n) is 0.796. The summed E-state index contributed by atoms with van der Waals surface area (Å²) in [6.07, 6.45) is 0. The van der Waals surface area contributed by atoms with Crippen LogP contribution in [0.15, 0.2) is 3.50 Å². The van der Waals surface area contributed by atoms with Crippen LogP contribution in [0.4, 0.5) is 0 Å². The minimum absolute atomic E-state index is 1.14. The van der Waals surface area contributed by atoms with Crippen LogP contribution in [0.25, 0.3) is 0 Å². The molecule has 0 bridgehead atoms. The first-order valence-corrected chi connectivity index (χ1v) is 2.51. The average Bonchev–Trinajstić information content (AvgIpc) is 1.37. The molecule has 0 aliphatic rings. The molecule has 4 heavy (non-hydrogen) atoms. The van der Waals surface area contributed by atoms with Crippen molar-refractivity contribution in [3.05, 3.63) is 0 Å². The summed E-state index contributed by atoms with van der Waals surface area (Å²) in [5, 5.41) is 0. The zero-order valence-electron chi connectivity index (χ0n) is 2.26. The van der Waals surface area contributed by atoms with Crippen LogP contribution in [-0.2, 0) is 21.7 Å². The molecular weight excluding hydrogens is 138 g/mol. The van der Waals surface area contributed by atoms with Crippen molar-refractivity contribution in [2.75, 3.05) is 7.05 Å². The monoisotopic (exact) mass is 143 g/mol. The summed E-state index contributed by atoms with van der Waals surface area (Å²) in [6, 6.07) is 0. The Labute approximate surface area is 32.9 Å². The molecule has 0 aromatic heterocycles. The molecule has 0 amide bonds. The predicted molar refractivity (Wildman–Crippen MR) is 9.04 cm³/mol. The maximum atomic E-state index is 9.26. The second-order valence-corrected chi connectivity index (χ2v) is 1.52. The number of nitrogens with zero attached hydrogens (tertiary/aromatic N) is 1. The van der Waals surface area contributed by atoms with Crippen molar-refractivity contribution in [1.82, 2.24) is 0 Å². The van der Waals surface area contributed by atoms with E-state index in [2.05, 4.69) is 3.50 Å². The van der Waals surface area contributed by atoms with Crippen molar-refractivity contribution >= 4 is 0 Å². The molecule has 0 rings (SSSR count). The van der Waals surface area contributed by atoms with Crippen LogP contribution >= 0.6 is 0 Å². The molecule has 0 aromatic carbocycles. The molecule has 0 atom stereocenters. The molecule has 0 N–H and O–H groups in total. The summed E-state index contributed by atoms with van der Waals surface area (Å²) >= 11 is -1.14. The third-order valence-electron chi connectivity index (χ3n) is 0.0745. The van der Waals surface area contributed by atoms with Gasteiger partial charge in [-0.15, -0.1) is 0 Å². The van der Waals surface area contributed by atoms with E-state index in [0.29, 0.717) is 0 Å². The van der Waals surface area contributed by atoms with E-state index >= 15 is 0 Å². The van der Waals surface area contributed by atoms with Gasteiger partial charge in [-0.2, -0.15) is 0 Å². The van der Waals surface area contributed by atoms with Crippen LogP contribution in [0.2, 0.25) is 0 Å². The second-order valence-electron chi connectivity index (χ2n) is 0.257. The first kappa shape index (κ1) is 4.29. The van der Waals surface area contributed by atoms with Gasteiger partial charge in [0.2, 0.25) is 0 Å². The number of rotatable bonds is 0. The van der Waals surface area contributed by atoms with Gasteiger partial charge in [0, 0.05) is 0 Å². The van der Waals surface area contributed by atoms with Gasteiger partial charge in [0.1, 0.15) is 0 Å². The van der Waals surface area contributed by atoms with E-state index in [9.17, 15) is 3.40 Å². The first-order chi connectivity index (χ1) is 1.91. The van der Waals surface area contributed by atoms with Gasteiger partial charge in [-0.05, 0) is 0 Å². The quantitative estimate of drug-likeness (QED) is 0.444. The van der Waals surface area contributed by atoms with Crippen molar-refractivity contribution in [2.24, 2.45) is 3.50 Å². The third kappa shape index (κ3) is 2.29. The Balaban J connectivity index is 3.11. The van der Waals surface area contributed by atoms with Crippen LogP contribution in [0.3, 0.4) is 0 Å². The van der Waals surface area contributed by atoms with Gasteiger partial charge in [0.15, 0.2) is 0 Å². The van der Waals surface area contributed by atoms with E-state index in [-0.39, 0.29) is 0 Å². The van der Waals surface area contributed by atoms with Gasteiger partial charge in [0.05, 0.1) is 0 Å². The Morgan fingerprint density at radius 3 is 2.25 bits per heavy atom. The maximum absolute atomic E-state index is 9.26. The zero-order valence-corrected chi connectivity index (χ0v) is 4.27. The van der Waals surface area contributed by atoms with E-state index in [1.807, 2.05) is 0 Å². The SMILES string of the molecule is C[N]=[Mo+2]=[O]. The van der Waals surface area contributed by atoms with E-state index in [4.69, 9.17) is 0 Å². The Kier molecular flexibility index (Phi) is 3.53. The Morgan fingerprint density at radius 2 is 2.25 bits per heavy atom. The molecule has 3 heteroatoms. The molecular formula is CH3MoNO+2. The summed E-state index contributed by atoms with van der Waals surface area (Å²) in [7, 11) is 1.55. The fourth-order valence-electron chi connectivity index (χ4n) is 0. The van der Waals surface area contributed by atoms with Crippen LogP contribution in [0, 0.1) is 0 Å². The minimum atomic E-state index is -1.14. The normalized spacial score (nSPS) is 4.25. The zero-order chi connectivity index (χ0) is 3.41. The summed E-state index contributed by atoms with van der Waals surface area (Å²) < 4.78 is 12.6. The Morgan fingerprint density at radius 1 is 2.00 bits per heavy atom. The van der Waals surface area contributed by atoms with Crippen LogP contribution in [-0.4, -0.2) is 7.05 Å². The molecule has 0 saturated carbocycles. The molecule has 0 unspecified atom stereocenters. The summed E-state index contributed by atoms with van der Waals surface area (Å²) in [5.41, 5.74) is 0. The van der Waals surface area contributed by atoms with Crippen molar-refractivity contribution in [2.45, 2.75) is 0 Å². The van der Waals surface area contributed by atoms with Crippen molar-refractivity contribution in [3.8, 4) is 0 Å². The van der Waals surface area contributed by atoms with Gasteiger partial charge in [-0.3, -0.25) is 0 Å². The van der Waals surface area contributed by atoms with Gasteiger partial charge < -0.3 is 0 Å². The Bertz CT molecular complexity index is 46.0. The van der Waals surface area contributed by atoms with Crippen LogP contribution in [0.5, 0.6) is 0 Å². The van der Waals surface area contributed by atoms with Gasteiger partial charge in [0.25, 0.3) is 0 Å². The summed E-state index contributed by atoms with van der Waals surface area (Å²) in [5.74, 6) is 0. The molecule has 0 aliphatic heterocycles. The summed E-state index contributed by atoms with van der Waals surface area (Å²) in [6.45, 7) is 0. The molecule has 0 aliphatic carbocycles. The third-order valence-corrected chi connectivity index (χ3v) is 0.441. The van der Waals surface area contributed by atoms with Crippen LogP contribution in [0.1, 0.15) is 0 Å². The second kappa shape index (κ2) is 3.29. The van der Waals surface area contributed by atoms with Crippen LogP contribution < -0.4 is 0 Å². The average molecular weight is 141 g/mol. The molecule has 22 valence electrons. The fourth-order valence-corrected chi connectivity index (χ4v) is 0.